The molecule has 122 valence electrons. The van der Waals surface area contributed by atoms with Gasteiger partial charge in [-0.15, -0.1) is 0 Å². The number of benzene rings is 2. The Morgan fingerprint density at radius 1 is 1.04 bits per heavy atom. The van der Waals surface area contributed by atoms with Gasteiger partial charge in [0.2, 0.25) is 0 Å². The van der Waals surface area contributed by atoms with Crippen LogP contribution in [0, 0.1) is 12.8 Å². The van der Waals surface area contributed by atoms with E-state index in [2.05, 4.69) is 73.5 Å². The molecule has 0 amide bonds. The van der Waals surface area contributed by atoms with E-state index in [1.54, 1.807) is 0 Å². The Balaban J connectivity index is 1.53. The molecule has 23 heavy (non-hydrogen) atoms. The first kappa shape index (κ1) is 16.1. The van der Waals surface area contributed by atoms with Gasteiger partial charge >= 0.3 is 0 Å². The molecule has 1 fully saturated rings. The Kier molecular flexibility index (Phi) is 5.35. The van der Waals surface area contributed by atoms with Gasteiger partial charge < -0.3 is 9.64 Å². The van der Waals surface area contributed by atoms with E-state index in [-0.39, 0.29) is 0 Å². The zero-order chi connectivity index (χ0) is 16.1. The summed E-state index contributed by atoms with van der Waals surface area (Å²) in [6.45, 7) is 4.20. The van der Waals surface area contributed by atoms with Crippen LogP contribution in [0.5, 0.6) is 5.75 Å². The second kappa shape index (κ2) is 7.65. The molecule has 3 rings (SSSR count). The van der Waals surface area contributed by atoms with Crippen molar-refractivity contribution in [2.45, 2.75) is 38.8 Å². The Labute approximate surface area is 140 Å². The summed E-state index contributed by atoms with van der Waals surface area (Å²) >= 11 is 0. The van der Waals surface area contributed by atoms with Crippen LogP contribution in [0.15, 0.2) is 54.6 Å². The van der Waals surface area contributed by atoms with Crippen molar-refractivity contribution in [2.24, 2.45) is 5.92 Å². The van der Waals surface area contributed by atoms with Gasteiger partial charge in [-0.2, -0.15) is 0 Å². The van der Waals surface area contributed by atoms with Crippen LogP contribution in [0.2, 0.25) is 0 Å². The van der Waals surface area contributed by atoms with Crippen molar-refractivity contribution in [1.29, 1.82) is 0 Å². The van der Waals surface area contributed by atoms with Crippen molar-refractivity contribution in [3.63, 3.8) is 0 Å². The summed E-state index contributed by atoms with van der Waals surface area (Å²) in [7, 11) is 2.20. The maximum absolute atomic E-state index is 6.34. The highest BCUT2D eigenvalue weighted by atomic mass is 16.5. The molecule has 0 spiro atoms. The number of hydrogen-bond acceptors (Lipinski definition) is 2. The molecule has 1 saturated carbocycles. The quantitative estimate of drug-likeness (QED) is 0.702. The predicted octanol–water partition coefficient (Wildman–Crippen LogP) is 4.67. The smallest absolute Gasteiger partial charge is 0.122 e. The van der Waals surface area contributed by atoms with E-state index in [4.69, 9.17) is 4.74 Å². The van der Waals surface area contributed by atoms with Crippen molar-refractivity contribution in [3.05, 3.63) is 65.7 Å². The van der Waals surface area contributed by atoms with E-state index in [1.807, 2.05) is 0 Å². The molecule has 1 unspecified atom stereocenters. The maximum Gasteiger partial charge on any atom is 0.122 e. The third-order valence-corrected chi connectivity index (χ3v) is 4.61. The fourth-order valence-corrected chi connectivity index (χ4v) is 3.03. The van der Waals surface area contributed by atoms with Crippen molar-refractivity contribution >= 4 is 0 Å². The minimum Gasteiger partial charge on any atom is -0.490 e. The van der Waals surface area contributed by atoms with E-state index < -0.39 is 0 Å². The van der Waals surface area contributed by atoms with Gasteiger partial charge in [-0.05, 0) is 56.3 Å². The minimum absolute atomic E-state index is 0.356. The lowest BCUT2D eigenvalue weighted by atomic mass is 10.1. The van der Waals surface area contributed by atoms with E-state index >= 15 is 0 Å². The molecule has 2 aromatic carbocycles. The third-order valence-electron chi connectivity index (χ3n) is 4.61. The zero-order valence-electron chi connectivity index (χ0n) is 14.2. The van der Waals surface area contributed by atoms with Crippen LogP contribution in [0.1, 0.15) is 30.4 Å². The average Bonchev–Trinajstić information content (AvgIpc) is 3.39. The Bertz CT molecular complexity index is 606. The molecule has 2 nitrogen and oxygen atoms in total. The van der Waals surface area contributed by atoms with Crippen LogP contribution in [0.4, 0.5) is 0 Å². The fraction of sp³-hybridized carbons (Fsp3) is 0.429. The van der Waals surface area contributed by atoms with Crippen LogP contribution in [-0.2, 0) is 6.54 Å². The van der Waals surface area contributed by atoms with Gasteiger partial charge in [-0.25, -0.2) is 0 Å². The molecule has 0 radical (unpaired) electrons. The Morgan fingerprint density at radius 3 is 2.43 bits per heavy atom. The molecule has 1 aliphatic rings. The van der Waals surface area contributed by atoms with Gasteiger partial charge in [0.25, 0.3) is 0 Å². The molecular formula is C21H27NO. The maximum atomic E-state index is 6.34. The van der Waals surface area contributed by atoms with Crippen LogP contribution in [0.25, 0.3) is 0 Å². The molecule has 2 heteroatoms. The van der Waals surface area contributed by atoms with Crippen LogP contribution in [0.3, 0.4) is 0 Å². The summed E-state index contributed by atoms with van der Waals surface area (Å²) in [5, 5.41) is 0. The highest BCUT2D eigenvalue weighted by Crippen LogP contribution is 2.37. The Hall–Kier alpha value is -1.80. The second-order valence-electron chi connectivity index (χ2n) is 6.77. The Morgan fingerprint density at radius 2 is 1.74 bits per heavy atom. The molecule has 0 heterocycles. The van der Waals surface area contributed by atoms with E-state index in [0.717, 1.165) is 31.2 Å². The van der Waals surface area contributed by atoms with E-state index in [9.17, 15) is 0 Å². The van der Waals surface area contributed by atoms with Crippen molar-refractivity contribution in [1.82, 2.24) is 4.90 Å². The van der Waals surface area contributed by atoms with Gasteiger partial charge in [-0.1, -0.05) is 48.5 Å². The molecule has 0 aromatic heterocycles. The summed E-state index contributed by atoms with van der Waals surface area (Å²) in [5.74, 6) is 1.80. The van der Waals surface area contributed by atoms with Crippen molar-refractivity contribution in [2.75, 3.05) is 13.6 Å². The number of ether oxygens (including phenoxy) is 1. The summed E-state index contributed by atoms with van der Waals surface area (Å²) in [6.07, 6.45) is 4.09. The van der Waals surface area contributed by atoms with Crippen molar-refractivity contribution in [3.8, 4) is 5.75 Å². The van der Waals surface area contributed by atoms with Crippen LogP contribution < -0.4 is 4.74 Å². The summed E-state index contributed by atoms with van der Waals surface area (Å²) < 4.78 is 6.34. The van der Waals surface area contributed by atoms with Crippen molar-refractivity contribution < 1.29 is 4.74 Å². The highest BCUT2D eigenvalue weighted by Gasteiger charge is 2.33. The summed E-state index contributed by atoms with van der Waals surface area (Å²) in [5.41, 5.74) is 2.61. The lowest BCUT2D eigenvalue weighted by Crippen LogP contribution is -2.27. The molecule has 2 aromatic rings. The molecule has 0 bridgehead atoms. The van der Waals surface area contributed by atoms with Gasteiger partial charge in [0.05, 0.1) is 0 Å². The topological polar surface area (TPSA) is 12.5 Å². The summed E-state index contributed by atoms with van der Waals surface area (Å²) in [6, 6.07) is 19.0. The van der Waals surface area contributed by atoms with E-state index in [0.29, 0.717) is 6.10 Å². The molecular weight excluding hydrogens is 282 g/mol. The zero-order valence-corrected chi connectivity index (χ0v) is 14.2. The predicted molar refractivity (Wildman–Crippen MR) is 95.7 cm³/mol. The minimum atomic E-state index is 0.356. The highest BCUT2D eigenvalue weighted by molar-refractivity contribution is 5.32. The molecule has 1 aliphatic carbocycles. The molecule has 0 aliphatic heterocycles. The lowest BCUT2D eigenvalue weighted by molar-refractivity contribution is 0.148. The largest absolute Gasteiger partial charge is 0.490 e. The number of hydrogen-bond donors (Lipinski definition) is 0. The molecule has 1 atom stereocenters. The standard InChI is InChI=1S/C21H27NO/c1-17-8-6-7-11-20(17)23-21(19-12-13-19)14-15-22(2)16-18-9-4-3-5-10-18/h3-11,19,21H,12-16H2,1-2H3. The number of rotatable bonds is 8. The van der Waals surface area contributed by atoms with Crippen LogP contribution in [-0.4, -0.2) is 24.6 Å². The average molecular weight is 309 g/mol. The van der Waals surface area contributed by atoms with Crippen LogP contribution >= 0.6 is 0 Å². The fourth-order valence-electron chi connectivity index (χ4n) is 3.03. The monoisotopic (exact) mass is 309 g/mol. The third kappa shape index (κ3) is 4.84. The number of aryl methyl sites for hydroxylation is 1. The lowest BCUT2D eigenvalue weighted by Gasteiger charge is -2.23. The van der Waals surface area contributed by atoms with E-state index in [1.165, 1.54) is 24.0 Å². The number of nitrogens with zero attached hydrogens (tertiary/aromatic N) is 1. The first-order chi connectivity index (χ1) is 11.2. The normalized spacial score (nSPS) is 15.6. The first-order valence-corrected chi connectivity index (χ1v) is 8.67. The second-order valence-corrected chi connectivity index (χ2v) is 6.77. The van der Waals surface area contributed by atoms with Gasteiger partial charge in [0.1, 0.15) is 11.9 Å². The molecule has 0 N–H and O–H groups in total. The number of para-hydroxylation sites is 1. The molecule has 0 saturated heterocycles. The van der Waals surface area contributed by atoms with Gasteiger partial charge in [0, 0.05) is 13.1 Å². The first-order valence-electron chi connectivity index (χ1n) is 8.67. The SMILES string of the molecule is Cc1ccccc1OC(CCN(C)Cc1ccccc1)C1CC1. The van der Waals surface area contributed by atoms with Gasteiger partial charge in [0.15, 0.2) is 0 Å². The summed E-state index contributed by atoms with van der Waals surface area (Å²) in [4.78, 5) is 2.39. The van der Waals surface area contributed by atoms with Gasteiger partial charge in [-0.3, -0.25) is 0 Å².